The number of pyridine rings is 1. The quantitative estimate of drug-likeness (QED) is 0.108. The lowest BCUT2D eigenvalue weighted by Gasteiger charge is -2.31. The zero-order chi connectivity index (χ0) is 34.3. The fraction of sp³-hybridized carbons (Fsp3) is 0.324. The van der Waals surface area contributed by atoms with Crippen LogP contribution in [-0.4, -0.2) is 67.9 Å². The number of rotatable bonds is 11. The topological polar surface area (TPSA) is 142 Å². The van der Waals surface area contributed by atoms with E-state index in [2.05, 4.69) is 10.2 Å². The Hall–Kier alpha value is -5.49. The van der Waals surface area contributed by atoms with Crippen molar-refractivity contribution < 1.29 is 33.5 Å². The Morgan fingerprint density at radius 3 is 2.47 bits per heavy atom. The summed E-state index contributed by atoms with van der Waals surface area (Å²) >= 11 is 0. The number of nitrogens with zero attached hydrogens (tertiary/aromatic N) is 3. The van der Waals surface area contributed by atoms with Crippen LogP contribution in [0.2, 0.25) is 0 Å². The Balaban J connectivity index is 1.25. The maximum atomic E-state index is 13.8. The fourth-order valence-corrected chi connectivity index (χ4v) is 6.24. The number of anilines is 2. The van der Waals surface area contributed by atoms with Crippen LogP contribution >= 0.6 is 0 Å². The number of non-ortho nitro benzene ring substituents is 1. The van der Waals surface area contributed by atoms with Crippen molar-refractivity contribution in [1.82, 2.24) is 4.98 Å². The first kappa shape index (κ1) is 33.4. The molecule has 0 saturated carbocycles. The van der Waals surface area contributed by atoms with Crippen molar-refractivity contribution in [3.05, 3.63) is 93.2 Å². The Morgan fingerprint density at radius 1 is 1.00 bits per heavy atom. The predicted octanol–water partition coefficient (Wildman–Crippen LogP) is 6.45. The van der Waals surface area contributed by atoms with Gasteiger partial charge in [0.15, 0.2) is 6.61 Å². The molecule has 1 fully saturated rings. The molecule has 0 atom stereocenters. The molecule has 4 aromatic rings. The molecule has 1 saturated heterocycles. The molecule has 0 spiro atoms. The third kappa shape index (κ3) is 7.49. The summed E-state index contributed by atoms with van der Waals surface area (Å²) in [4.78, 5) is 44.8. The van der Waals surface area contributed by atoms with E-state index in [0.717, 1.165) is 35.2 Å². The van der Waals surface area contributed by atoms with E-state index in [1.807, 2.05) is 50.3 Å². The number of nitro groups is 1. The largest absolute Gasteiger partial charge is 0.492 e. The van der Waals surface area contributed by atoms with Gasteiger partial charge < -0.3 is 29.2 Å². The molecule has 6 rings (SSSR count). The first-order valence-electron chi connectivity index (χ1n) is 16.5. The van der Waals surface area contributed by atoms with Crippen LogP contribution in [0.25, 0.3) is 22.6 Å². The summed E-state index contributed by atoms with van der Waals surface area (Å²) in [5.41, 5.74) is 5.43. The molecule has 1 aliphatic heterocycles. The van der Waals surface area contributed by atoms with Crippen LogP contribution in [0.1, 0.15) is 53.9 Å². The summed E-state index contributed by atoms with van der Waals surface area (Å²) in [5, 5.41) is 14.6. The molecular formula is C37H38N4O8. The molecule has 2 heterocycles. The third-order valence-corrected chi connectivity index (χ3v) is 8.44. The number of amides is 1. The van der Waals surface area contributed by atoms with Crippen LogP contribution in [0.5, 0.6) is 11.5 Å². The summed E-state index contributed by atoms with van der Waals surface area (Å²) in [7, 11) is 0. The highest BCUT2D eigenvalue weighted by Gasteiger charge is 2.27. The molecule has 49 heavy (non-hydrogen) atoms. The highest BCUT2D eigenvalue weighted by atomic mass is 16.6. The van der Waals surface area contributed by atoms with Gasteiger partial charge in [0.05, 0.1) is 59.5 Å². The molecule has 1 N–H and O–H groups in total. The van der Waals surface area contributed by atoms with Crippen molar-refractivity contribution in [1.29, 1.82) is 0 Å². The lowest BCUT2D eigenvalue weighted by molar-refractivity contribution is -0.384. The number of esters is 1. The molecular weight excluding hydrogens is 628 g/mol. The molecule has 1 amide bonds. The van der Waals surface area contributed by atoms with Gasteiger partial charge in [-0.25, -0.2) is 9.78 Å². The Bertz CT molecular complexity index is 1900. The summed E-state index contributed by atoms with van der Waals surface area (Å²) in [6.45, 7) is 6.68. The molecule has 254 valence electrons. The van der Waals surface area contributed by atoms with E-state index < -0.39 is 23.4 Å². The summed E-state index contributed by atoms with van der Waals surface area (Å²) in [5.74, 6) is -0.0626. The van der Waals surface area contributed by atoms with Gasteiger partial charge in [-0.3, -0.25) is 14.9 Å². The molecule has 0 radical (unpaired) electrons. The minimum atomic E-state index is -0.621. The lowest BCUT2D eigenvalue weighted by Crippen LogP contribution is -2.36. The van der Waals surface area contributed by atoms with E-state index >= 15 is 0 Å². The van der Waals surface area contributed by atoms with Crippen molar-refractivity contribution >= 4 is 51.5 Å². The number of benzene rings is 3. The van der Waals surface area contributed by atoms with Crippen molar-refractivity contribution in [2.24, 2.45) is 0 Å². The number of para-hydroxylation sites is 1. The molecule has 12 nitrogen and oxygen atoms in total. The van der Waals surface area contributed by atoms with Gasteiger partial charge in [-0.05, 0) is 74.1 Å². The van der Waals surface area contributed by atoms with E-state index in [-0.39, 0.29) is 5.69 Å². The van der Waals surface area contributed by atoms with Gasteiger partial charge in [0.2, 0.25) is 0 Å². The molecule has 3 aromatic carbocycles. The van der Waals surface area contributed by atoms with E-state index in [0.29, 0.717) is 85.3 Å². The van der Waals surface area contributed by atoms with E-state index in [9.17, 15) is 19.7 Å². The van der Waals surface area contributed by atoms with E-state index in [1.54, 1.807) is 18.2 Å². The van der Waals surface area contributed by atoms with Gasteiger partial charge in [-0.1, -0.05) is 18.2 Å². The van der Waals surface area contributed by atoms with Crippen LogP contribution in [-0.2, 0) is 20.7 Å². The molecule has 1 aliphatic carbocycles. The number of fused-ring (bicyclic) bond motifs is 2. The third-order valence-electron chi connectivity index (χ3n) is 8.44. The van der Waals surface area contributed by atoms with Gasteiger partial charge in [-0.2, -0.15) is 0 Å². The van der Waals surface area contributed by atoms with Gasteiger partial charge in [0, 0.05) is 42.7 Å². The second-order valence-corrected chi connectivity index (χ2v) is 11.6. The number of nitrogens with one attached hydrogen (secondary N) is 1. The van der Waals surface area contributed by atoms with Crippen LogP contribution in [0.3, 0.4) is 0 Å². The number of ether oxygens (including phenoxy) is 4. The van der Waals surface area contributed by atoms with Crippen LogP contribution in [0, 0.1) is 10.1 Å². The normalized spacial score (nSPS) is 15.1. The number of hydrogen-bond donors (Lipinski definition) is 1. The number of aromatic nitrogens is 1. The number of nitro benzene ring substituents is 1. The minimum absolute atomic E-state index is 0.0123. The van der Waals surface area contributed by atoms with Crippen molar-refractivity contribution in [3.8, 4) is 11.5 Å². The van der Waals surface area contributed by atoms with Gasteiger partial charge >= 0.3 is 5.97 Å². The summed E-state index contributed by atoms with van der Waals surface area (Å²) < 4.78 is 23.0. The number of morpholine rings is 1. The lowest BCUT2D eigenvalue weighted by atomic mass is 9.86. The highest BCUT2D eigenvalue weighted by Crippen LogP contribution is 2.40. The summed E-state index contributed by atoms with van der Waals surface area (Å²) in [6, 6.07) is 17.3. The molecule has 12 heteroatoms. The van der Waals surface area contributed by atoms with E-state index in [4.69, 9.17) is 23.9 Å². The van der Waals surface area contributed by atoms with Crippen LogP contribution in [0.4, 0.5) is 17.1 Å². The molecule has 2 aliphatic rings. The average Bonchev–Trinajstić information content (AvgIpc) is 3.11. The minimum Gasteiger partial charge on any atom is -0.492 e. The van der Waals surface area contributed by atoms with Gasteiger partial charge in [0.25, 0.3) is 11.6 Å². The average molecular weight is 667 g/mol. The van der Waals surface area contributed by atoms with Crippen LogP contribution < -0.4 is 19.7 Å². The number of carbonyl (C=O) groups is 2. The van der Waals surface area contributed by atoms with Crippen LogP contribution in [0.15, 0.2) is 60.7 Å². The molecule has 0 unspecified atom stereocenters. The predicted molar refractivity (Wildman–Crippen MR) is 186 cm³/mol. The second kappa shape index (κ2) is 15.2. The number of hydrogen-bond acceptors (Lipinski definition) is 10. The number of allylic oxidation sites excluding steroid dienone is 1. The SMILES string of the molecule is CCOc1cc(N2CCOCC2)c(OCC)cc1NC(=O)COC(=O)c1c2c(nc3ccccc13)C(=Cc1ccc([N+](=O)[O-])cc1)CCC2. The molecule has 0 bridgehead atoms. The van der Waals surface area contributed by atoms with Crippen molar-refractivity contribution in [2.45, 2.75) is 33.1 Å². The summed E-state index contributed by atoms with van der Waals surface area (Å²) in [6.07, 6.45) is 4.05. The zero-order valence-electron chi connectivity index (χ0n) is 27.5. The van der Waals surface area contributed by atoms with Gasteiger partial charge in [-0.15, -0.1) is 0 Å². The Kier molecular flexibility index (Phi) is 10.3. The zero-order valence-corrected chi connectivity index (χ0v) is 27.5. The molecule has 1 aromatic heterocycles. The fourth-order valence-electron chi connectivity index (χ4n) is 6.24. The monoisotopic (exact) mass is 666 g/mol. The number of carbonyl (C=O) groups excluding carboxylic acids is 2. The van der Waals surface area contributed by atoms with Crippen molar-refractivity contribution in [2.75, 3.05) is 56.3 Å². The van der Waals surface area contributed by atoms with Gasteiger partial charge in [0.1, 0.15) is 11.5 Å². The Labute approximate surface area is 283 Å². The maximum Gasteiger partial charge on any atom is 0.339 e. The maximum absolute atomic E-state index is 13.8. The first-order valence-corrected chi connectivity index (χ1v) is 16.5. The first-order chi connectivity index (χ1) is 23.9. The standard InChI is InChI=1S/C37H38N4O8/c1-3-47-32-22-31(40-16-18-46-19-17-40)33(48-4-2)21-30(32)38-34(42)23-49-37(43)35-27-9-5-6-11-29(27)39-36-25(8-7-10-28(35)36)20-24-12-14-26(15-13-24)41(44)45/h5-6,9,11-15,20-22H,3-4,7-8,10,16-19,23H2,1-2H3,(H,38,42). The Morgan fingerprint density at radius 2 is 1.73 bits per heavy atom. The smallest absolute Gasteiger partial charge is 0.339 e. The van der Waals surface area contributed by atoms with Crippen molar-refractivity contribution in [3.63, 3.8) is 0 Å². The van der Waals surface area contributed by atoms with E-state index in [1.165, 1.54) is 12.1 Å². The second-order valence-electron chi connectivity index (χ2n) is 11.6. The highest BCUT2D eigenvalue weighted by molar-refractivity contribution is 6.07.